The van der Waals surface area contributed by atoms with Gasteiger partial charge in [-0.2, -0.15) is 0 Å². The minimum Gasteiger partial charge on any atom is -0.497 e. The van der Waals surface area contributed by atoms with Gasteiger partial charge in [-0.15, -0.1) is 0 Å². The highest BCUT2D eigenvalue weighted by Crippen LogP contribution is 2.39. The Kier molecular flexibility index (Phi) is 7.09. The molecule has 1 fully saturated rings. The number of allylic oxidation sites excluding steroid dienone is 2. The van der Waals surface area contributed by atoms with E-state index in [0.717, 1.165) is 19.1 Å². The molecule has 1 saturated heterocycles. The number of aryl methyl sites for hydroxylation is 1. The fourth-order valence-corrected chi connectivity index (χ4v) is 5.79. The fourth-order valence-electron chi connectivity index (χ4n) is 5.79. The molecule has 3 aromatic rings. The van der Waals surface area contributed by atoms with Crippen LogP contribution in [0.3, 0.4) is 0 Å². The Bertz CT molecular complexity index is 1130. The molecule has 6 rings (SSSR count). The van der Waals surface area contributed by atoms with E-state index in [1.807, 2.05) is 18.2 Å². The first-order chi connectivity index (χ1) is 16.3. The van der Waals surface area contributed by atoms with Gasteiger partial charge in [0.05, 0.1) is 6.26 Å². The number of benzene rings is 3. The van der Waals surface area contributed by atoms with Gasteiger partial charge in [0.1, 0.15) is 6.61 Å². The van der Waals surface area contributed by atoms with Gasteiger partial charge in [-0.3, -0.25) is 0 Å². The molecule has 33 heavy (non-hydrogen) atoms. The monoisotopic (exact) mass is 440 g/mol. The number of likely N-dealkylation sites (tertiary alicyclic amines) is 1. The predicted octanol–water partition coefficient (Wildman–Crippen LogP) is 6.17. The number of nitrogens with two attached hydrogens (primary N) is 1. The van der Waals surface area contributed by atoms with Crippen molar-refractivity contribution in [2.45, 2.75) is 38.0 Å². The van der Waals surface area contributed by atoms with E-state index in [1.165, 1.54) is 73.3 Å². The summed E-state index contributed by atoms with van der Waals surface area (Å²) in [6, 6.07) is 18.3. The quantitative estimate of drug-likeness (QED) is 0.495. The number of ether oxygens (including phenoxy) is 1. The topological polar surface area (TPSA) is 38.5 Å². The second kappa shape index (κ2) is 10.5. The molecule has 0 spiro atoms. The van der Waals surface area contributed by atoms with Crippen molar-refractivity contribution in [1.29, 1.82) is 0 Å². The molecule has 1 aliphatic carbocycles. The van der Waals surface area contributed by atoms with Gasteiger partial charge < -0.3 is 15.4 Å². The normalized spacial score (nSPS) is 20.8. The summed E-state index contributed by atoms with van der Waals surface area (Å²) < 4.78 is 4.80. The van der Waals surface area contributed by atoms with Crippen molar-refractivity contribution < 1.29 is 4.74 Å². The molecule has 1 unspecified atom stereocenters. The highest BCUT2D eigenvalue weighted by atomic mass is 16.5. The molecule has 2 N–H and O–H groups in total. The zero-order valence-electron chi connectivity index (χ0n) is 19.6. The Hall–Kier alpha value is -2.62. The summed E-state index contributed by atoms with van der Waals surface area (Å²) in [6.07, 6.45) is 13.9. The van der Waals surface area contributed by atoms with Crippen LogP contribution in [0, 0.1) is 5.92 Å². The van der Waals surface area contributed by atoms with Crippen LogP contribution >= 0.6 is 0 Å². The molecule has 3 heteroatoms. The summed E-state index contributed by atoms with van der Waals surface area (Å²) >= 11 is 0. The molecule has 2 aliphatic heterocycles. The van der Waals surface area contributed by atoms with Gasteiger partial charge in [-0.25, -0.2) is 0 Å². The van der Waals surface area contributed by atoms with Crippen LogP contribution in [-0.4, -0.2) is 37.7 Å². The van der Waals surface area contributed by atoms with Gasteiger partial charge in [0.15, 0.2) is 0 Å². The lowest BCUT2D eigenvalue weighted by Crippen LogP contribution is -2.38. The van der Waals surface area contributed by atoms with E-state index in [-0.39, 0.29) is 0 Å². The molecule has 0 amide bonds. The largest absolute Gasteiger partial charge is 0.497 e. The predicted molar refractivity (Wildman–Crippen MR) is 140 cm³/mol. The zero-order valence-corrected chi connectivity index (χ0v) is 19.6. The molecule has 3 nitrogen and oxygen atoms in total. The van der Waals surface area contributed by atoms with Gasteiger partial charge in [-0.05, 0) is 108 Å². The van der Waals surface area contributed by atoms with Crippen molar-refractivity contribution in [2.24, 2.45) is 11.7 Å². The van der Waals surface area contributed by atoms with Gasteiger partial charge in [0.25, 0.3) is 0 Å². The van der Waals surface area contributed by atoms with E-state index in [2.05, 4.69) is 53.4 Å². The number of rotatable bonds is 3. The smallest absolute Gasteiger partial charge is 0.106 e. The average Bonchev–Trinajstić information content (AvgIpc) is 2.90. The van der Waals surface area contributed by atoms with Crippen LogP contribution < -0.4 is 5.73 Å². The molecular weight excluding hydrogens is 404 g/mol. The number of nitrogens with zero attached hydrogens (tertiary/aromatic N) is 1. The third-order valence-corrected chi connectivity index (χ3v) is 7.60. The zero-order chi connectivity index (χ0) is 22.5. The highest BCUT2D eigenvalue weighted by Gasteiger charge is 2.26. The second-order valence-corrected chi connectivity index (χ2v) is 9.68. The van der Waals surface area contributed by atoms with Crippen molar-refractivity contribution in [3.63, 3.8) is 0 Å². The molecule has 0 radical (unpaired) electrons. The van der Waals surface area contributed by atoms with Gasteiger partial charge >= 0.3 is 0 Å². The molecular formula is C30H36N2O. The summed E-state index contributed by atoms with van der Waals surface area (Å²) in [5, 5.41) is 5.67. The first-order valence-electron chi connectivity index (χ1n) is 12.6. The Morgan fingerprint density at radius 1 is 0.879 bits per heavy atom. The summed E-state index contributed by atoms with van der Waals surface area (Å²) in [6.45, 7) is 5.26. The summed E-state index contributed by atoms with van der Waals surface area (Å²) in [5.41, 5.74) is 9.12. The van der Waals surface area contributed by atoms with Crippen molar-refractivity contribution in [3.05, 3.63) is 84.1 Å². The minimum atomic E-state index is 0.674. The molecule has 172 valence electrons. The Balaban J connectivity index is 0.000000332. The molecule has 0 aromatic heterocycles. The van der Waals surface area contributed by atoms with Crippen LogP contribution in [0.4, 0.5) is 0 Å². The van der Waals surface area contributed by atoms with E-state index >= 15 is 0 Å². The van der Waals surface area contributed by atoms with E-state index in [0.29, 0.717) is 5.92 Å². The standard InChI is InChI=1S/C25H30N2.C5H6O/c26-16-18-12-14-27(15-13-18)17-21-6-3-5-20-9-10-23-22-7-2-1-4-19(22)8-11-24(23)25(20)21;1-2-4-6-5-3-1/h1-2,4,7-11,18,21H,3,5-6,12-17,26H2;1-4H,5H2. The first kappa shape index (κ1) is 22.2. The number of hydrogen-bond donors (Lipinski definition) is 1. The second-order valence-electron chi connectivity index (χ2n) is 9.68. The van der Waals surface area contributed by atoms with Crippen molar-refractivity contribution in [3.8, 4) is 0 Å². The summed E-state index contributed by atoms with van der Waals surface area (Å²) in [7, 11) is 0. The van der Waals surface area contributed by atoms with Gasteiger partial charge in [-0.1, -0.05) is 54.6 Å². The SMILES string of the molecule is C1=CCOC=C1.NCC1CCN(CC2CCCc3ccc4c(ccc5ccccc54)c32)CC1. The van der Waals surface area contributed by atoms with Gasteiger partial charge in [0, 0.05) is 6.54 Å². The number of piperidine rings is 1. The van der Waals surface area contributed by atoms with Crippen LogP contribution in [0.2, 0.25) is 0 Å². The number of hydrogen-bond acceptors (Lipinski definition) is 3. The van der Waals surface area contributed by atoms with Crippen LogP contribution in [-0.2, 0) is 11.2 Å². The first-order valence-corrected chi connectivity index (χ1v) is 12.6. The summed E-state index contributed by atoms with van der Waals surface area (Å²) in [5.74, 6) is 1.42. The molecule has 2 heterocycles. The Labute approximate surface area is 197 Å². The lowest BCUT2D eigenvalue weighted by Gasteiger charge is -2.36. The number of fused-ring (bicyclic) bond motifs is 5. The molecule has 3 aliphatic rings. The molecule has 0 bridgehead atoms. The third-order valence-electron chi connectivity index (χ3n) is 7.60. The van der Waals surface area contributed by atoms with Crippen molar-refractivity contribution in [1.82, 2.24) is 4.90 Å². The van der Waals surface area contributed by atoms with E-state index in [1.54, 1.807) is 17.4 Å². The van der Waals surface area contributed by atoms with E-state index in [4.69, 9.17) is 10.5 Å². The summed E-state index contributed by atoms with van der Waals surface area (Å²) in [4.78, 5) is 2.70. The van der Waals surface area contributed by atoms with Crippen LogP contribution in [0.15, 0.2) is 73.0 Å². The third kappa shape index (κ3) is 5.00. The lowest BCUT2D eigenvalue weighted by atomic mass is 9.79. The van der Waals surface area contributed by atoms with Crippen LogP contribution in [0.5, 0.6) is 0 Å². The molecule has 3 aromatic carbocycles. The van der Waals surface area contributed by atoms with Crippen molar-refractivity contribution in [2.75, 3.05) is 32.8 Å². The molecule has 0 saturated carbocycles. The average molecular weight is 441 g/mol. The van der Waals surface area contributed by atoms with E-state index < -0.39 is 0 Å². The fraction of sp³-hybridized carbons (Fsp3) is 0.400. The van der Waals surface area contributed by atoms with Crippen LogP contribution in [0.25, 0.3) is 21.5 Å². The van der Waals surface area contributed by atoms with E-state index in [9.17, 15) is 0 Å². The maximum absolute atomic E-state index is 5.89. The highest BCUT2D eigenvalue weighted by molar-refractivity contribution is 6.08. The Morgan fingerprint density at radius 3 is 2.45 bits per heavy atom. The lowest BCUT2D eigenvalue weighted by molar-refractivity contribution is 0.174. The van der Waals surface area contributed by atoms with Crippen LogP contribution in [0.1, 0.15) is 42.7 Å². The maximum atomic E-state index is 5.89. The minimum absolute atomic E-state index is 0.674. The Morgan fingerprint density at radius 2 is 1.73 bits per heavy atom. The van der Waals surface area contributed by atoms with Gasteiger partial charge in [0.2, 0.25) is 0 Å². The van der Waals surface area contributed by atoms with Crippen molar-refractivity contribution >= 4 is 21.5 Å². The molecule has 1 atom stereocenters. The maximum Gasteiger partial charge on any atom is 0.106 e.